The van der Waals surface area contributed by atoms with Gasteiger partial charge in [0.25, 0.3) is 0 Å². The summed E-state index contributed by atoms with van der Waals surface area (Å²) in [5.74, 6) is -0.826. The average Bonchev–Trinajstić information content (AvgIpc) is 3.35. The molecular weight excluding hydrogens is 853 g/mol. The summed E-state index contributed by atoms with van der Waals surface area (Å²) in [4.78, 5) is 38.2. The summed E-state index contributed by atoms with van der Waals surface area (Å²) in [6.07, 6.45) is 66.8. The lowest BCUT2D eigenvalue weighted by Crippen LogP contribution is -2.30. The predicted molar refractivity (Wildman–Crippen MR) is 298 cm³/mol. The molecule has 1 atom stereocenters. The zero-order chi connectivity index (χ0) is 50.0. The first-order chi connectivity index (χ1) is 34.0. The Kier molecular flexibility index (Phi) is 57.6. The Morgan fingerprint density at radius 2 is 0.391 bits per heavy atom. The van der Waals surface area contributed by atoms with E-state index in [-0.39, 0.29) is 31.1 Å². The van der Waals surface area contributed by atoms with Crippen molar-refractivity contribution in [2.24, 2.45) is 0 Å². The second-order valence-electron chi connectivity index (χ2n) is 21.7. The molecule has 0 radical (unpaired) electrons. The van der Waals surface area contributed by atoms with Crippen LogP contribution in [0, 0.1) is 0 Å². The first-order valence-electron chi connectivity index (χ1n) is 31.5. The number of hydrogen-bond donors (Lipinski definition) is 0. The highest BCUT2D eigenvalue weighted by Gasteiger charge is 2.19. The molecule has 410 valence electrons. The standard InChI is InChI=1S/C63H122O6/c1-4-7-10-13-16-19-22-25-27-29-31-32-34-35-38-41-44-47-50-53-56-62(65)68-59-60(58-67-61(64)55-52-49-46-43-40-37-24-21-18-15-12-9-6-3)69-63(66)57-54-51-48-45-42-39-36-33-30-28-26-23-20-17-14-11-8-5-2/h60H,4-59H2,1-3H3. The van der Waals surface area contributed by atoms with Crippen molar-refractivity contribution in [2.45, 2.75) is 374 Å². The number of carbonyl (C=O) groups is 3. The molecule has 6 heteroatoms. The lowest BCUT2D eigenvalue weighted by Gasteiger charge is -2.18. The van der Waals surface area contributed by atoms with Crippen LogP contribution < -0.4 is 0 Å². The van der Waals surface area contributed by atoms with Gasteiger partial charge in [0.15, 0.2) is 6.10 Å². The van der Waals surface area contributed by atoms with Gasteiger partial charge in [-0.3, -0.25) is 14.4 Å². The third kappa shape index (κ3) is 57.2. The zero-order valence-corrected chi connectivity index (χ0v) is 47.1. The van der Waals surface area contributed by atoms with E-state index in [9.17, 15) is 14.4 Å². The highest BCUT2D eigenvalue weighted by molar-refractivity contribution is 5.71. The van der Waals surface area contributed by atoms with Crippen molar-refractivity contribution in [2.75, 3.05) is 13.2 Å². The molecule has 0 bridgehead atoms. The van der Waals surface area contributed by atoms with Crippen molar-refractivity contribution < 1.29 is 28.6 Å². The molecule has 1 unspecified atom stereocenters. The van der Waals surface area contributed by atoms with Crippen molar-refractivity contribution in [1.82, 2.24) is 0 Å². The normalized spacial score (nSPS) is 11.9. The molecule has 0 aliphatic rings. The molecule has 0 aromatic heterocycles. The topological polar surface area (TPSA) is 78.9 Å². The quantitative estimate of drug-likeness (QED) is 0.0343. The molecule has 0 aliphatic heterocycles. The molecule has 0 spiro atoms. The number of ether oxygens (including phenoxy) is 3. The van der Waals surface area contributed by atoms with E-state index in [1.54, 1.807) is 0 Å². The van der Waals surface area contributed by atoms with Gasteiger partial charge in [-0.25, -0.2) is 0 Å². The minimum atomic E-state index is -0.762. The predicted octanol–water partition coefficient (Wildman–Crippen LogP) is 21.1. The molecule has 0 amide bonds. The summed E-state index contributed by atoms with van der Waals surface area (Å²) in [7, 11) is 0. The lowest BCUT2D eigenvalue weighted by atomic mass is 10.0. The monoisotopic (exact) mass is 975 g/mol. The average molecular weight is 976 g/mol. The number of carbonyl (C=O) groups excluding carboxylic acids is 3. The van der Waals surface area contributed by atoms with Crippen LogP contribution in [0.1, 0.15) is 367 Å². The summed E-state index contributed by atoms with van der Waals surface area (Å²) in [6.45, 7) is 6.72. The molecule has 0 aliphatic carbocycles. The van der Waals surface area contributed by atoms with Crippen LogP contribution in [0.15, 0.2) is 0 Å². The maximum absolute atomic E-state index is 12.9. The Hall–Kier alpha value is -1.59. The molecule has 0 aromatic carbocycles. The van der Waals surface area contributed by atoms with E-state index in [4.69, 9.17) is 14.2 Å². The molecule has 0 rings (SSSR count). The third-order valence-corrected chi connectivity index (χ3v) is 14.6. The van der Waals surface area contributed by atoms with Crippen LogP contribution in [0.2, 0.25) is 0 Å². The second kappa shape index (κ2) is 59.0. The van der Waals surface area contributed by atoms with Gasteiger partial charge in [-0.2, -0.15) is 0 Å². The fourth-order valence-corrected chi connectivity index (χ4v) is 9.86. The zero-order valence-electron chi connectivity index (χ0n) is 47.1. The van der Waals surface area contributed by atoms with Gasteiger partial charge in [-0.15, -0.1) is 0 Å². The number of rotatable bonds is 59. The number of esters is 3. The van der Waals surface area contributed by atoms with E-state index in [2.05, 4.69) is 20.8 Å². The van der Waals surface area contributed by atoms with Crippen LogP contribution in [0.3, 0.4) is 0 Å². The fourth-order valence-electron chi connectivity index (χ4n) is 9.86. The Morgan fingerprint density at radius 3 is 0.580 bits per heavy atom. The van der Waals surface area contributed by atoms with E-state index in [1.165, 1.54) is 270 Å². The van der Waals surface area contributed by atoms with Gasteiger partial charge in [0.2, 0.25) is 0 Å². The van der Waals surface area contributed by atoms with Gasteiger partial charge in [-0.05, 0) is 19.3 Å². The largest absolute Gasteiger partial charge is 0.462 e. The van der Waals surface area contributed by atoms with Gasteiger partial charge in [0.1, 0.15) is 13.2 Å². The van der Waals surface area contributed by atoms with Gasteiger partial charge < -0.3 is 14.2 Å². The molecule has 0 N–H and O–H groups in total. The van der Waals surface area contributed by atoms with Gasteiger partial charge >= 0.3 is 17.9 Å². The Labute approximate surface area is 431 Å². The molecule has 0 heterocycles. The summed E-state index contributed by atoms with van der Waals surface area (Å²) < 4.78 is 16.9. The second-order valence-corrected chi connectivity index (χ2v) is 21.7. The Balaban J connectivity index is 4.25. The summed E-state index contributed by atoms with van der Waals surface area (Å²) in [6, 6.07) is 0. The van der Waals surface area contributed by atoms with Crippen molar-refractivity contribution in [3.8, 4) is 0 Å². The maximum atomic E-state index is 12.9. The minimum absolute atomic E-state index is 0.0606. The molecular formula is C63H122O6. The summed E-state index contributed by atoms with van der Waals surface area (Å²) >= 11 is 0. The van der Waals surface area contributed by atoms with Gasteiger partial charge in [-0.1, -0.05) is 329 Å². The lowest BCUT2D eigenvalue weighted by molar-refractivity contribution is -0.167. The molecule has 0 fully saturated rings. The first kappa shape index (κ1) is 67.4. The van der Waals surface area contributed by atoms with Crippen LogP contribution in [0.5, 0.6) is 0 Å². The van der Waals surface area contributed by atoms with Gasteiger partial charge in [0, 0.05) is 19.3 Å². The molecule has 0 saturated carbocycles. The Morgan fingerprint density at radius 1 is 0.232 bits per heavy atom. The third-order valence-electron chi connectivity index (χ3n) is 14.6. The van der Waals surface area contributed by atoms with Gasteiger partial charge in [0.05, 0.1) is 0 Å². The van der Waals surface area contributed by atoms with Crippen molar-refractivity contribution >= 4 is 17.9 Å². The van der Waals surface area contributed by atoms with Crippen molar-refractivity contribution in [3.05, 3.63) is 0 Å². The SMILES string of the molecule is CCCCCCCCCCCCCCCCCCCCCCC(=O)OCC(COC(=O)CCCCCCCCCCCCCCC)OC(=O)CCCCCCCCCCCCCCCCCCCC. The highest BCUT2D eigenvalue weighted by atomic mass is 16.6. The van der Waals surface area contributed by atoms with E-state index in [0.717, 1.165) is 57.8 Å². The van der Waals surface area contributed by atoms with E-state index in [0.29, 0.717) is 19.3 Å². The minimum Gasteiger partial charge on any atom is -0.462 e. The van der Waals surface area contributed by atoms with Crippen molar-refractivity contribution in [3.63, 3.8) is 0 Å². The smallest absolute Gasteiger partial charge is 0.306 e. The van der Waals surface area contributed by atoms with Crippen LogP contribution >= 0.6 is 0 Å². The van der Waals surface area contributed by atoms with E-state index >= 15 is 0 Å². The van der Waals surface area contributed by atoms with Crippen LogP contribution in [0.4, 0.5) is 0 Å². The van der Waals surface area contributed by atoms with Crippen molar-refractivity contribution in [1.29, 1.82) is 0 Å². The van der Waals surface area contributed by atoms with E-state index < -0.39 is 6.10 Å². The number of hydrogen-bond acceptors (Lipinski definition) is 6. The molecule has 0 saturated heterocycles. The van der Waals surface area contributed by atoms with E-state index in [1.807, 2.05) is 0 Å². The van der Waals surface area contributed by atoms with Crippen LogP contribution in [-0.4, -0.2) is 37.2 Å². The fraction of sp³-hybridized carbons (Fsp3) is 0.952. The summed E-state index contributed by atoms with van der Waals surface area (Å²) in [5.41, 5.74) is 0. The molecule has 0 aromatic rings. The molecule has 69 heavy (non-hydrogen) atoms. The maximum Gasteiger partial charge on any atom is 0.306 e. The molecule has 6 nitrogen and oxygen atoms in total. The first-order valence-corrected chi connectivity index (χ1v) is 31.5. The Bertz CT molecular complexity index is 1030. The van der Waals surface area contributed by atoms with Crippen LogP contribution in [0.25, 0.3) is 0 Å². The highest BCUT2D eigenvalue weighted by Crippen LogP contribution is 2.18. The summed E-state index contributed by atoms with van der Waals surface area (Å²) in [5, 5.41) is 0. The number of unbranched alkanes of at least 4 members (excludes halogenated alkanes) is 48. The van der Waals surface area contributed by atoms with Crippen LogP contribution in [-0.2, 0) is 28.6 Å².